The summed E-state index contributed by atoms with van der Waals surface area (Å²) in [7, 11) is 3.19. The van der Waals surface area contributed by atoms with E-state index in [4.69, 9.17) is 14.2 Å². The highest BCUT2D eigenvalue weighted by molar-refractivity contribution is 7.80. The van der Waals surface area contributed by atoms with Crippen molar-refractivity contribution in [1.29, 1.82) is 0 Å². The number of ether oxygens (including phenoxy) is 3. The summed E-state index contributed by atoms with van der Waals surface area (Å²) in [6.07, 6.45) is 3.64. The number of benzene rings is 1. The molecule has 4 rings (SSSR count). The number of para-hydroxylation sites is 1. The molecule has 0 radical (unpaired) electrons. The van der Waals surface area contributed by atoms with E-state index in [1.54, 1.807) is 20.5 Å². The summed E-state index contributed by atoms with van der Waals surface area (Å²) in [4.78, 5) is 13.3. The van der Waals surface area contributed by atoms with Crippen molar-refractivity contribution in [2.75, 3.05) is 26.1 Å². The van der Waals surface area contributed by atoms with Crippen LogP contribution in [-0.2, 0) is 4.74 Å². The highest BCUT2D eigenvalue weighted by Gasteiger charge is 2.22. The molecule has 1 aromatic carbocycles. The summed E-state index contributed by atoms with van der Waals surface area (Å²) in [6, 6.07) is 5.58. The van der Waals surface area contributed by atoms with Gasteiger partial charge in [-0.15, -0.1) is 12.6 Å². The van der Waals surface area contributed by atoms with Gasteiger partial charge in [0, 0.05) is 6.61 Å². The Kier molecular flexibility index (Phi) is 4.56. The van der Waals surface area contributed by atoms with Gasteiger partial charge in [-0.25, -0.2) is 15.0 Å². The molecule has 1 aliphatic heterocycles. The third kappa shape index (κ3) is 2.93. The Hall–Kier alpha value is -2.52. The van der Waals surface area contributed by atoms with Crippen molar-refractivity contribution < 1.29 is 14.2 Å². The van der Waals surface area contributed by atoms with Gasteiger partial charge in [0.2, 0.25) is 0 Å². The molecule has 0 aliphatic carbocycles. The first kappa shape index (κ1) is 16.9. The Morgan fingerprint density at radius 3 is 2.88 bits per heavy atom. The Morgan fingerprint density at radius 1 is 1.27 bits per heavy atom. The summed E-state index contributed by atoms with van der Waals surface area (Å²) in [6.45, 7) is 0.745. The Morgan fingerprint density at radius 2 is 2.15 bits per heavy atom. The van der Waals surface area contributed by atoms with Crippen LogP contribution in [0.15, 0.2) is 29.7 Å². The van der Waals surface area contributed by atoms with Gasteiger partial charge in [0.05, 0.1) is 26.2 Å². The number of fused-ring (bicyclic) bond motifs is 1. The Bertz CT molecular complexity index is 940. The van der Waals surface area contributed by atoms with Crippen molar-refractivity contribution in [3.8, 4) is 11.5 Å². The molecule has 0 bridgehead atoms. The second kappa shape index (κ2) is 7.00. The molecule has 1 atom stereocenters. The molecule has 26 heavy (non-hydrogen) atoms. The van der Waals surface area contributed by atoms with Gasteiger partial charge in [0.25, 0.3) is 0 Å². The highest BCUT2D eigenvalue weighted by atomic mass is 32.1. The van der Waals surface area contributed by atoms with Crippen LogP contribution >= 0.6 is 12.6 Å². The monoisotopic (exact) mass is 373 g/mol. The number of nitrogens with zero attached hydrogens (tertiary/aromatic N) is 4. The minimum atomic E-state index is -0.0539. The molecule has 3 aromatic rings. The summed E-state index contributed by atoms with van der Waals surface area (Å²) in [5, 5.41) is 3.61. The zero-order valence-electron chi connectivity index (χ0n) is 14.5. The van der Waals surface area contributed by atoms with Crippen LogP contribution in [0.2, 0.25) is 0 Å². The number of methoxy groups -OCH3 is 2. The average molecular weight is 373 g/mol. The average Bonchev–Trinajstić information content (AvgIpc) is 3.30. The van der Waals surface area contributed by atoms with E-state index >= 15 is 0 Å². The molecule has 136 valence electrons. The van der Waals surface area contributed by atoms with Gasteiger partial charge < -0.3 is 19.5 Å². The van der Waals surface area contributed by atoms with E-state index in [1.165, 1.54) is 0 Å². The van der Waals surface area contributed by atoms with Crippen LogP contribution in [0.3, 0.4) is 0 Å². The third-order valence-electron chi connectivity index (χ3n) is 4.28. The van der Waals surface area contributed by atoms with Gasteiger partial charge in [-0.1, -0.05) is 6.07 Å². The van der Waals surface area contributed by atoms with E-state index < -0.39 is 0 Å². The first-order valence-corrected chi connectivity index (χ1v) is 8.69. The Balaban J connectivity index is 1.78. The predicted molar refractivity (Wildman–Crippen MR) is 99.6 cm³/mol. The first-order valence-electron chi connectivity index (χ1n) is 8.24. The molecule has 2 aromatic heterocycles. The quantitative estimate of drug-likeness (QED) is 0.525. The van der Waals surface area contributed by atoms with Crippen molar-refractivity contribution in [2.45, 2.75) is 24.2 Å². The number of aromatic nitrogens is 4. The van der Waals surface area contributed by atoms with Crippen molar-refractivity contribution in [3.63, 3.8) is 0 Å². The van der Waals surface area contributed by atoms with Gasteiger partial charge in [0.15, 0.2) is 33.6 Å². The zero-order valence-corrected chi connectivity index (χ0v) is 15.4. The van der Waals surface area contributed by atoms with Gasteiger partial charge in [-0.05, 0) is 25.0 Å². The zero-order chi connectivity index (χ0) is 18.1. The number of hydrogen-bond donors (Lipinski definition) is 2. The topological polar surface area (TPSA) is 83.3 Å². The van der Waals surface area contributed by atoms with Gasteiger partial charge in [-0.2, -0.15) is 0 Å². The summed E-state index contributed by atoms with van der Waals surface area (Å²) < 4.78 is 18.5. The molecule has 1 aliphatic rings. The van der Waals surface area contributed by atoms with Crippen molar-refractivity contribution >= 4 is 35.3 Å². The Labute approximate surface area is 155 Å². The minimum absolute atomic E-state index is 0.0539. The summed E-state index contributed by atoms with van der Waals surface area (Å²) >= 11 is 4.35. The maximum Gasteiger partial charge on any atom is 0.188 e. The maximum atomic E-state index is 5.75. The predicted octanol–water partition coefficient (Wildman–Crippen LogP) is 3.18. The smallest absolute Gasteiger partial charge is 0.188 e. The highest BCUT2D eigenvalue weighted by Crippen LogP contribution is 2.37. The van der Waals surface area contributed by atoms with Crippen LogP contribution in [0.5, 0.6) is 11.5 Å². The van der Waals surface area contributed by atoms with E-state index in [9.17, 15) is 0 Å². The van der Waals surface area contributed by atoms with E-state index in [2.05, 4.69) is 32.9 Å². The van der Waals surface area contributed by atoms with Crippen LogP contribution < -0.4 is 14.8 Å². The minimum Gasteiger partial charge on any atom is -0.493 e. The fourth-order valence-electron chi connectivity index (χ4n) is 3.10. The molecule has 9 heteroatoms. The van der Waals surface area contributed by atoms with Gasteiger partial charge >= 0.3 is 0 Å². The number of thiol groups is 1. The molecule has 3 heterocycles. The van der Waals surface area contributed by atoms with E-state index in [0.717, 1.165) is 19.4 Å². The number of nitrogens with one attached hydrogen (secondary N) is 1. The lowest BCUT2D eigenvalue weighted by Crippen LogP contribution is -2.07. The third-order valence-corrected chi connectivity index (χ3v) is 4.48. The van der Waals surface area contributed by atoms with Crippen LogP contribution in [0.1, 0.15) is 19.1 Å². The van der Waals surface area contributed by atoms with Gasteiger partial charge in [0.1, 0.15) is 6.23 Å². The van der Waals surface area contributed by atoms with Crippen molar-refractivity contribution in [1.82, 2.24) is 19.5 Å². The lowest BCUT2D eigenvalue weighted by Gasteiger charge is -2.15. The fraction of sp³-hybridized carbons (Fsp3) is 0.353. The lowest BCUT2D eigenvalue weighted by molar-refractivity contribution is 0.0592. The number of hydrogen-bond acceptors (Lipinski definition) is 8. The second-order valence-electron chi connectivity index (χ2n) is 5.83. The van der Waals surface area contributed by atoms with Crippen LogP contribution in [0.25, 0.3) is 11.2 Å². The SMILES string of the molecule is COc1cccc(Nc2nc(S)nc3c2ncn3C2CCCO2)c1OC. The van der Waals surface area contributed by atoms with Crippen LogP contribution in [0.4, 0.5) is 11.5 Å². The second-order valence-corrected chi connectivity index (χ2v) is 6.23. The molecule has 1 saturated heterocycles. The molecule has 1 fully saturated rings. The molecular formula is C17H19N5O3S. The van der Waals surface area contributed by atoms with E-state index in [0.29, 0.717) is 39.3 Å². The molecule has 0 saturated carbocycles. The van der Waals surface area contributed by atoms with E-state index in [1.807, 2.05) is 22.8 Å². The van der Waals surface area contributed by atoms with Gasteiger partial charge in [-0.3, -0.25) is 4.57 Å². The normalized spacial score (nSPS) is 16.8. The molecule has 1 unspecified atom stereocenters. The number of imidazole rings is 1. The van der Waals surface area contributed by atoms with E-state index in [-0.39, 0.29) is 6.23 Å². The fourth-order valence-corrected chi connectivity index (χ4v) is 3.29. The maximum absolute atomic E-state index is 5.75. The van der Waals surface area contributed by atoms with Crippen LogP contribution in [0, 0.1) is 0 Å². The molecule has 1 N–H and O–H groups in total. The first-order chi connectivity index (χ1) is 12.7. The summed E-state index contributed by atoms with van der Waals surface area (Å²) in [5.74, 6) is 1.75. The standard InChI is InChI=1S/C17H19N5O3S/c1-23-11-6-3-5-10(14(11)24-2)19-15-13-16(21-17(26)20-15)22(9-18-13)12-7-4-8-25-12/h3,5-6,9,12H,4,7-8H2,1-2H3,(H2,19,20,21,26). The van der Waals surface area contributed by atoms with Crippen LogP contribution in [-0.4, -0.2) is 40.3 Å². The molecule has 0 amide bonds. The largest absolute Gasteiger partial charge is 0.493 e. The van der Waals surface area contributed by atoms with Crippen molar-refractivity contribution in [3.05, 3.63) is 24.5 Å². The number of anilines is 2. The molecule has 0 spiro atoms. The molecular weight excluding hydrogens is 354 g/mol. The van der Waals surface area contributed by atoms with Crippen molar-refractivity contribution in [2.24, 2.45) is 0 Å². The molecule has 8 nitrogen and oxygen atoms in total. The lowest BCUT2D eigenvalue weighted by atomic mass is 10.2. The number of rotatable bonds is 5. The summed E-state index contributed by atoms with van der Waals surface area (Å²) in [5.41, 5.74) is 2.04.